The molecule has 0 heterocycles. The van der Waals surface area contributed by atoms with Crippen molar-refractivity contribution in [2.24, 2.45) is 0 Å². The molecule has 0 atom stereocenters. The molecule has 0 spiro atoms. The Kier molecular flexibility index (Phi) is 6.80. The molecule has 1 aromatic rings. The SMILES string of the molecule is CSCCCCCNC(=O)c1ccc(F)cc1C. The first-order valence-electron chi connectivity index (χ1n) is 6.18. The van der Waals surface area contributed by atoms with Gasteiger partial charge in [-0.15, -0.1) is 0 Å². The number of carbonyl (C=O) groups is 1. The van der Waals surface area contributed by atoms with Crippen LogP contribution < -0.4 is 5.32 Å². The first-order valence-corrected chi connectivity index (χ1v) is 7.58. The minimum absolute atomic E-state index is 0.114. The molecule has 1 amide bonds. The molecule has 0 bridgehead atoms. The summed E-state index contributed by atoms with van der Waals surface area (Å²) in [6.45, 7) is 2.43. The number of aryl methyl sites for hydroxylation is 1. The lowest BCUT2D eigenvalue weighted by Gasteiger charge is -2.07. The van der Waals surface area contributed by atoms with Crippen molar-refractivity contribution in [1.82, 2.24) is 5.32 Å². The number of benzene rings is 1. The molecule has 1 rings (SSSR count). The summed E-state index contributed by atoms with van der Waals surface area (Å²) in [4.78, 5) is 11.8. The van der Waals surface area contributed by atoms with Crippen LogP contribution in [0.4, 0.5) is 4.39 Å². The van der Waals surface area contributed by atoms with E-state index in [0.717, 1.165) is 12.8 Å². The Morgan fingerprint density at radius 2 is 2.11 bits per heavy atom. The van der Waals surface area contributed by atoms with E-state index in [1.807, 2.05) is 11.8 Å². The Bertz CT molecular complexity index is 395. The summed E-state index contributed by atoms with van der Waals surface area (Å²) in [6.07, 6.45) is 5.40. The number of hydrogen-bond donors (Lipinski definition) is 1. The van der Waals surface area contributed by atoms with Crippen molar-refractivity contribution < 1.29 is 9.18 Å². The van der Waals surface area contributed by atoms with E-state index in [1.165, 1.54) is 30.4 Å². The number of rotatable bonds is 7. The van der Waals surface area contributed by atoms with Gasteiger partial charge in [0, 0.05) is 12.1 Å². The van der Waals surface area contributed by atoms with Gasteiger partial charge in [-0.3, -0.25) is 4.79 Å². The molecule has 0 aromatic heterocycles. The molecule has 1 N–H and O–H groups in total. The van der Waals surface area contributed by atoms with Crippen LogP contribution in [0.1, 0.15) is 35.2 Å². The molecule has 0 aliphatic carbocycles. The molecule has 100 valence electrons. The van der Waals surface area contributed by atoms with Crippen LogP contribution in [0.15, 0.2) is 18.2 Å². The smallest absolute Gasteiger partial charge is 0.251 e. The normalized spacial score (nSPS) is 10.4. The summed E-state index contributed by atoms with van der Waals surface area (Å²) in [5, 5.41) is 2.87. The van der Waals surface area contributed by atoms with E-state index in [4.69, 9.17) is 0 Å². The molecule has 18 heavy (non-hydrogen) atoms. The van der Waals surface area contributed by atoms with E-state index >= 15 is 0 Å². The second kappa shape index (κ2) is 8.14. The van der Waals surface area contributed by atoms with Crippen molar-refractivity contribution in [2.75, 3.05) is 18.6 Å². The minimum atomic E-state index is -0.305. The summed E-state index contributed by atoms with van der Waals surface area (Å²) < 4.78 is 12.9. The quantitative estimate of drug-likeness (QED) is 0.769. The second-order valence-corrected chi connectivity index (χ2v) is 5.25. The van der Waals surface area contributed by atoms with Crippen LogP contribution in [-0.4, -0.2) is 24.5 Å². The van der Waals surface area contributed by atoms with Crippen molar-refractivity contribution >= 4 is 17.7 Å². The lowest BCUT2D eigenvalue weighted by atomic mass is 10.1. The highest BCUT2D eigenvalue weighted by Crippen LogP contribution is 2.10. The van der Waals surface area contributed by atoms with Gasteiger partial charge in [0.2, 0.25) is 0 Å². The van der Waals surface area contributed by atoms with Gasteiger partial charge in [0.05, 0.1) is 0 Å². The van der Waals surface area contributed by atoms with Crippen LogP contribution in [-0.2, 0) is 0 Å². The molecule has 2 nitrogen and oxygen atoms in total. The molecule has 0 aliphatic heterocycles. The first-order chi connectivity index (χ1) is 8.65. The number of unbranched alkanes of at least 4 members (excludes halogenated alkanes) is 2. The highest BCUT2D eigenvalue weighted by atomic mass is 32.2. The van der Waals surface area contributed by atoms with Crippen LogP contribution in [0.2, 0.25) is 0 Å². The van der Waals surface area contributed by atoms with Crippen molar-refractivity contribution in [3.63, 3.8) is 0 Å². The van der Waals surface area contributed by atoms with Gasteiger partial charge in [0.25, 0.3) is 5.91 Å². The molecule has 0 saturated carbocycles. The van der Waals surface area contributed by atoms with Crippen molar-refractivity contribution in [2.45, 2.75) is 26.2 Å². The van der Waals surface area contributed by atoms with E-state index < -0.39 is 0 Å². The van der Waals surface area contributed by atoms with E-state index in [0.29, 0.717) is 17.7 Å². The Hall–Kier alpha value is -1.03. The zero-order chi connectivity index (χ0) is 13.4. The van der Waals surface area contributed by atoms with Crippen LogP contribution in [0, 0.1) is 12.7 Å². The third-order valence-corrected chi connectivity index (χ3v) is 3.44. The Morgan fingerprint density at radius 3 is 2.78 bits per heavy atom. The maximum Gasteiger partial charge on any atom is 0.251 e. The average Bonchev–Trinajstić information content (AvgIpc) is 2.33. The van der Waals surface area contributed by atoms with Gasteiger partial charge < -0.3 is 5.32 Å². The van der Waals surface area contributed by atoms with E-state index in [-0.39, 0.29) is 11.7 Å². The van der Waals surface area contributed by atoms with Gasteiger partial charge >= 0.3 is 0 Å². The zero-order valence-corrected chi connectivity index (χ0v) is 11.8. The Balaban J connectivity index is 2.32. The Morgan fingerprint density at radius 1 is 1.33 bits per heavy atom. The van der Waals surface area contributed by atoms with Crippen molar-refractivity contribution in [3.8, 4) is 0 Å². The first kappa shape index (κ1) is 15.0. The number of amides is 1. The van der Waals surface area contributed by atoms with Gasteiger partial charge in [-0.1, -0.05) is 6.42 Å². The molecule has 1 aromatic carbocycles. The van der Waals surface area contributed by atoms with E-state index in [2.05, 4.69) is 11.6 Å². The summed E-state index contributed by atoms with van der Waals surface area (Å²) >= 11 is 1.84. The van der Waals surface area contributed by atoms with Crippen LogP contribution in [0.3, 0.4) is 0 Å². The largest absolute Gasteiger partial charge is 0.352 e. The molecule has 0 aliphatic rings. The predicted molar refractivity (Wildman–Crippen MR) is 75.7 cm³/mol. The number of carbonyl (C=O) groups excluding carboxylic acids is 1. The molecule has 0 fully saturated rings. The monoisotopic (exact) mass is 269 g/mol. The third-order valence-electron chi connectivity index (χ3n) is 2.74. The predicted octanol–water partition coefficient (Wildman–Crippen LogP) is 3.40. The molecule has 0 unspecified atom stereocenters. The topological polar surface area (TPSA) is 29.1 Å². The Labute approximate surface area is 112 Å². The molecule has 0 radical (unpaired) electrons. The maximum atomic E-state index is 12.9. The molecule has 0 saturated heterocycles. The standard InChI is InChI=1S/C14H20FNOS/c1-11-10-12(15)6-7-13(11)14(17)16-8-4-3-5-9-18-2/h6-7,10H,3-5,8-9H2,1-2H3,(H,16,17). The van der Waals surface area contributed by atoms with Gasteiger partial charge in [0.1, 0.15) is 5.82 Å². The van der Waals surface area contributed by atoms with Gasteiger partial charge in [-0.25, -0.2) is 4.39 Å². The van der Waals surface area contributed by atoms with Crippen molar-refractivity contribution in [1.29, 1.82) is 0 Å². The summed E-state index contributed by atoms with van der Waals surface area (Å²) in [5.74, 6) is 0.754. The van der Waals surface area contributed by atoms with E-state index in [1.54, 1.807) is 6.92 Å². The lowest BCUT2D eigenvalue weighted by Crippen LogP contribution is -2.25. The zero-order valence-electron chi connectivity index (χ0n) is 11.0. The van der Waals surface area contributed by atoms with Crippen LogP contribution in [0.5, 0.6) is 0 Å². The van der Waals surface area contributed by atoms with Crippen LogP contribution >= 0.6 is 11.8 Å². The van der Waals surface area contributed by atoms with Crippen LogP contribution in [0.25, 0.3) is 0 Å². The average molecular weight is 269 g/mol. The summed E-state index contributed by atoms with van der Waals surface area (Å²) in [6, 6.07) is 4.24. The fraction of sp³-hybridized carbons (Fsp3) is 0.500. The lowest BCUT2D eigenvalue weighted by molar-refractivity contribution is 0.0952. The number of hydrogen-bond acceptors (Lipinski definition) is 2. The van der Waals surface area contributed by atoms with Crippen molar-refractivity contribution in [3.05, 3.63) is 35.1 Å². The van der Waals surface area contributed by atoms with E-state index in [9.17, 15) is 9.18 Å². The second-order valence-electron chi connectivity index (χ2n) is 4.27. The number of nitrogens with one attached hydrogen (secondary N) is 1. The highest BCUT2D eigenvalue weighted by Gasteiger charge is 2.08. The molecular weight excluding hydrogens is 249 g/mol. The minimum Gasteiger partial charge on any atom is -0.352 e. The van der Waals surface area contributed by atoms with Gasteiger partial charge in [-0.2, -0.15) is 11.8 Å². The molecular formula is C14H20FNOS. The van der Waals surface area contributed by atoms with Gasteiger partial charge in [0.15, 0.2) is 0 Å². The molecule has 4 heteroatoms. The third kappa shape index (κ3) is 5.08. The number of thioether (sulfide) groups is 1. The highest BCUT2D eigenvalue weighted by molar-refractivity contribution is 7.98. The summed E-state index contributed by atoms with van der Waals surface area (Å²) in [7, 11) is 0. The summed E-state index contributed by atoms with van der Waals surface area (Å²) in [5.41, 5.74) is 1.23. The fourth-order valence-electron chi connectivity index (χ4n) is 1.73. The maximum absolute atomic E-state index is 12.9. The number of halogens is 1. The van der Waals surface area contributed by atoms with Gasteiger partial charge in [-0.05, 0) is 55.5 Å². The fourth-order valence-corrected chi connectivity index (χ4v) is 2.22.